The smallest absolute Gasteiger partial charge is 0.257 e. The minimum Gasteiger partial charge on any atom is -0.497 e. The number of nitrogens with one attached hydrogen (secondary N) is 1. The second-order valence-corrected chi connectivity index (χ2v) is 5.65. The van der Waals surface area contributed by atoms with Crippen molar-refractivity contribution in [3.8, 4) is 5.75 Å². The van der Waals surface area contributed by atoms with Gasteiger partial charge in [0.25, 0.3) is 5.91 Å². The molecule has 0 bridgehead atoms. The summed E-state index contributed by atoms with van der Waals surface area (Å²) in [7, 11) is 1.64. The number of benzene rings is 1. The van der Waals surface area contributed by atoms with Gasteiger partial charge in [0, 0.05) is 30.5 Å². The number of methoxy groups -OCH3 is 1. The standard InChI is InChI=1S/C16H20N2O2/c1-11-4-3-7-18(9-11)10-14-13-8-12(20-2)5-6-15(13)17-16(14)19/h5-6,8,10-11H,3-4,7,9H2,1-2H3,(H,17,19)/b14-10+. The second-order valence-electron chi connectivity index (χ2n) is 5.65. The van der Waals surface area contributed by atoms with E-state index >= 15 is 0 Å². The van der Waals surface area contributed by atoms with E-state index in [1.54, 1.807) is 7.11 Å². The zero-order valence-electron chi connectivity index (χ0n) is 12.0. The summed E-state index contributed by atoms with van der Waals surface area (Å²) < 4.78 is 5.25. The van der Waals surface area contributed by atoms with E-state index in [4.69, 9.17) is 4.74 Å². The van der Waals surface area contributed by atoms with Crippen molar-refractivity contribution in [2.24, 2.45) is 5.92 Å². The van der Waals surface area contributed by atoms with Crippen LogP contribution in [0.2, 0.25) is 0 Å². The number of ether oxygens (including phenoxy) is 1. The molecule has 4 nitrogen and oxygen atoms in total. The van der Waals surface area contributed by atoms with E-state index in [1.807, 2.05) is 24.4 Å². The summed E-state index contributed by atoms with van der Waals surface area (Å²) >= 11 is 0. The van der Waals surface area contributed by atoms with Crippen LogP contribution in [0.25, 0.3) is 5.57 Å². The van der Waals surface area contributed by atoms with E-state index < -0.39 is 0 Å². The first kappa shape index (κ1) is 13.0. The number of hydrogen-bond acceptors (Lipinski definition) is 3. The number of likely N-dealkylation sites (tertiary alicyclic amines) is 1. The van der Waals surface area contributed by atoms with E-state index in [9.17, 15) is 4.79 Å². The fourth-order valence-corrected chi connectivity index (χ4v) is 2.95. The van der Waals surface area contributed by atoms with Gasteiger partial charge in [-0.2, -0.15) is 0 Å². The van der Waals surface area contributed by atoms with Gasteiger partial charge in [0.05, 0.1) is 12.7 Å². The third-order valence-electron chi connectivity index (χ3n) is 4.01. The average Bonchev–Trinajstić information content (AvgIpc) is 2.74. The molecule has 0 aliphatic carbocycles. The van der Waals surface area contributed by atoms with Gasteiger partial charge in [0.15, 0.2) is 0 Å². The average molecular weight is 272 g/mol. The van der Waals surface area contributed by atoms with Gasteiger partial charge in [0.2, 0.25) is 0 Å². The van der Waals surface area contributed by atoms with Crippen LogP contribution in [0.1, 0.15) is 25.3 Å². The van der Waals surface area contributed by atoms with Crippen LogP contribution >= 0.6 is 0 Å². The van der Waals surface area contributed by atoms with E-state index in [0.29, 0.717) is 5.92 Å². The number of carbonyl (C=O) groups is 1. The molecule has 1 N–H and O–H groups in total. The monoisotopic (exact) mass is 272 g/mol. The van der Waals surface area contributed by atoms with Gasteiger partial charge in [-0.15, -0.1) is 0 Å². The summed E-state index contributed by atoms with van der Waals surface area (Å²) in [5, 5.41) is 2.91. The molecule has 20 heavy (non-hydrogen) atoms. The number of piperidine rings is 1. The predicted octanol–water partition coefficient (Wildman–Crippen LogP) is 2.72. The molecule has 1 aromatic rings. The molecule has 0 aromatic heterocycles. The van der Waals surface area contributed by atoms with Crippen LogP contribution < -0.4 is 10.1 Å². The lowest BCUT2D eigenvalue weighted by molar-refractivity contribution is -0.110. The van der Waals surface area contributed by atoms with Crippen molar-refractivity contribution in [3.05, 3.63) is 30.0 Å². The molecule has 1 aromatic carbocycles. The molecule has 3 rings (SSSR count). The highest BCUT2D eigenvalue weighted by atomic mass is 16.5. The lowest BCUT2D eigenvalue weighted by atomic mass is 10.00. The Balaban J connectivity index is 1.92. The SMILES string of the molecule is COc1ccc2c(c1)/C(=C\N1CCCC(C)C1)C(=O)N2. The summed E-state index contributed by atoms with van der Waals surface area (Å²) in [6, 6.07) is 5.68. The van der Waals surface area contributed by atoms with Gasteiger partial charge in [-0.3, -0.25) is 4.79 Å². The predicted molar refractivity (Wildman–Crippen MR) is 79.6 cm³/mol. The van der Waals surface area contributed by atoms with Crippen molar-refractivity contribution < 1.29 is 9.53 Å². The molecule has 1 fully saturated rings. The summed E-state index contributed by atoms with van der Waals surface area (Å²) in [4.78, 5) is 14.4. The Bertz CT molecular complexity index is 566. The first-order chi connectivity index (χ1) is 9.67. The molecule has 2 aliphatic rings. The highest BCUT2D eigenvalue weighted by molar-refractivity contribution is 6.31. The number of fused-ring (bicyclic) bond motifs is 1. The van der Waals surface area contributed by atoms with Gasteiger partial charge in [-0.25, -0.2) is 0 Å². The summed E-state index contributed by atoms with van der Waals surface area (Å²) in [5.74, 6) is 1.44. The quantitative estimate of drug-likeness (QED) is 0.842. The third kappa shape index (κ3) is 2.38. The van der Waals surface area contributed by atoms with Crippen molar-refractivity contribution in [2.75, 3.05) is 25.5 Å². The van der Waals surface area contributed by atoms with Crippen LogP contribution in [0.15, 0.2) is 24.4 Å². The Kier molecular flexibility index (Phi) is 3.38. The molecule has 2 aliphatic heterocycles. The molecule has 1 unspecified atom stereocenters. The zero-order chi connectivity index (χ0) is 14.1. The zero-order valence-corrected chi connectivity index (χ0v) is 12.0. The number of anilines is 1. The summed E-state index contributed by atoms with van der Waals surface area (Å²) in [5.41, 5.74) is 2.55. The molecule has 1 atom stereocenters. The van der Waals surface area contributed by atoms with E-state index in [-0.39, 0.29) is 5.91 Å². The van der Waals surface area contributed by atoms with Crippen molar-refractivity contribution in [3.63, 3.8) is 0 Å². The molecule has 2 heterocycles. The van der Waals surface area contributed by atoms with Gasteiger partial charge >= 0.3 is 0 Å². The third-order valence-corrected chi connectivity index (χ3v) is 4.01. The largest absolute Gasteiger partial charge is 0.497 e. The Morgan fingerprint density at radius 1 is 1.45 bits per heavy atom. The van der Waals surface area contributed by atoms with Crippen LogP contribution in [0.4, 0.5) is 5.69 Å². The maximum Gasteiger partial charge on any atom is 0.257 e. The Hall–Kier alpha value is -1.97. The fourth-order valence-electron chi connectivity index (χ4n) is 2.95. The molecule has 1 amide bonds. The Labute approximate surface area is 119 Å². The Morgan fingerprint density at radius 2 is 2.30 bits per heavy atom. The summed E-state index contributed by atoms with van der Waals surface area (Å²) in [6.07, 6.45) is 4.48. The van der Waals surface area contributed by atoms with Crippen LogP contribution in [-0.4, -0.2) is 31.0 Å². The van der Waals surface area contributed by atoms with Crippen LogP contribution in [0, 0.1) is 5.92 Å². The number of nitrogens with zero attached hydrogens (tertiary/aromatic N) is 1. The Morgan fingerprint density at radius 3 is 3.05 bits per heavy atom. The topological polar surface area (TPSA) is 41.6 Å². The van der Waals surface area contributed by atoms with Crippen molar-refractivity contribution >= 4 is 17.2 Å². The number of rotatable bonds is 2. The lowest BCUT2D eigenvalue weighted by Crippen LogP contribution is -2.30. The normalized spacial score (nSPS) is 23.7. The first-order valence-electron chi connectivity index (χ1n) is 7.13. The molecule has 0 saturated carbocycles. The van der Waals surface area contributed by atoms with E-state index in [0.717, 1.165) is 35.7 Å². The molecular weight excluding hydrogens is 252 g/mol. The van der Waals surface area contributed by atoms with Gasteiger partial charge in [0.1, 0.15) is 5.75 Å². The summed E-state index contributed by atoms with van der Waals surface area (Å²) in [6.45, 7) is 4.31. The minimum atomic E-state index is -0.0218. The van der Waals surface area contributed by atoms with Crippen molar-refractivity contribution in [1.29, 1.82) is 0 Å². The maximum absolute atomic E-state index is 12.1. The van der Waals surface area contributed by atoms with Gasteiger partial charge in [-0.1, -0.05) is 6.92 Å². The molecule has 0 radical (unpaired) electrons. The highest BCUT2D eigenvalue weighted by Crippen LogP contribution is 2.35. The first-order valence-corrected chi connectivity index (χ1v) is 7.13. The van der Waals surface area contributed by atoms with Crippen molar-refractivity contribution in [1.82, 2.24) is 4.90 Å². The highest BCUT2D eigenvalue weighted by Gasteiger charge is 2.26. The molecular formula is C16H20N2O2. The number of hydrogen-bond donors (Lipinski definition) is 1. The van der Waals surface area contributed by atoms with E-state index in [1.165, 1.54) is 12.8 Å². The maximum atomic E-state index is 12.1. The molecule has 106 valence electrons. The van der Waals surface area contributed by atoms with Gasteiger partial charge in [-0.05, 0) is 37.0 Å². The van der Waals surface area contributed by atoms with Crippen LogP contribution in [0.3, 0.4) is 0 Å². The number of carbonyl (C=O) groups excluding carboxylic acids is 1. The van der Waals surface area contributed by atoms with Crippen LogP contribution in [-0.2, 0) is 4.79 Å². The van der Waals surface area contributed by atoms with E-state index in [2.05, 4.69) is 17.1 Å². The number of amides is 1. The molecule has 4 heteroatoms. The van der Waals surface area contributed by atoms with Crippen molar-refractivity contribution in [2.45, 2.75) is 19.8 Å². The van der Waals surface area contributed by atoms with Crippen LogP contribution in [0.5, 0.6) is 5.75 Å². The lowest BCUT2D eigenvalue weighted by Gasteiger charge is -2.30. The second kappa shape index (κ2) is 5.19. The minimum absolute atomic E-state index is 0.0218. The van der Waals surface area contributed by atoms with Gasteiger partial charge < -0.3 is 15.0 Å². The molecule has 0 spiro atoms. The molecule has 1 saturated heterocycles. The fraction of sp³-hybridized carbons (Fsp3) is 0.438.